The molecule has 0 heterocycles. The van der Waals surface area contributed by atoms with E-state index in [4.69, 9.17) is 0 Å². The molecule has 0 spiro atoms. The first kappa shape index (κ1) is 11.7. The summed E-state index contributed by atoms with van der Waals surface area (Å²) < 4.78 is 0. The van der Waals surface area contributed by atoms with Crippen molar-refractivity contribution in [3.05, 3.63) is 35.9 Å². The Morgan fingerprint density at radius 1 is 1.19 bits per heavy atom. The molecule has 2 rings (SSSR count). The van der Waals surface area contributed by atoms with E-state index in [9.17, 15) is 5.11 Å². The lowest BCUT2D eigenvalue weighted by molar-refractivity contribution is 0.0570. The van der Waals surface area contributed by atoms with Gasteiger partial charge in [-0.1, -0.05) is 43.7 Å². The molecule has 0 amide bonds. The second kappa shape index (κ2) is 5.49. The van der Waals surface area contributed by atoms with Crippen LogP contribution in [0.1, 0.15) is 50.5 Å². The molecule has 1 aliphatic carbocycles. The number of rotatable bonds is 3. The van der Waals surface area contributed by atoms with Crippen molar-refractivity contribution in [2.45, 2.75) is 51.0 Å². The van der Waals surface area contributed by atoms with Gasteiger partial charge in [0, 0.05) is 0 Å². The zero-order chi connectivity index (χ0) is 11.4. The Balaban J connectivity index is 2.03. The minimum Gasteiger partial charge on any atom is -0.393 e. The number of hydrogen-bond donors (Lipinski definition) is 1. The predicted molar refractivity (Wildman–Crippen MR) is 67.4 cm³/mol. The lowest BCUT2D eigenvalue weighted by Crippen LogP contribution is -2.28. The topological polar surface area (TPSA) is 20.2 Å². The van der Waals surface area contributed by atoms with Gasteiger partial charge in [0.05, 0.1) is 6.10 Å². The fourth-order valence-corrected chi connectivity index (χ4v) is 2.96. The van der Waals surface area contributed by atoms with Gasteiger partial charge >= 0.3 is 0 Å². The van der Waals surface area contributed by atoms with Crippen LogP contribution in [-0.4, -0.2) is 11.2 Å². The first-order valence-corrected chi connectivity index (χ1v) is 6.54. The largest absolute Gasteiger partial charge is 0.393 e. The summed E-state index contributed by atoms with van der Waals surface area (Å²) in [6.45, 7) is 2.21. The quantitative estimate of drug-likeness (QED) is 0.819. The molecule has 1 nitrogen and oxygen atoms in total. The molecule has 1 aromatic carbocycles. The molecule has 1 fully saturated rings. The van der Waals surface area contributed by atoms with Crippen molar-refractivity contribution < 1.29 is 5.11 Å². The Bertz CT molecular complexity index is 306. The lowest BCUT2D eigenvalue weighted by Gasteiger charge is -2.33. The van der Waals surface area contributed by atoms with Crippen LogP contribution in [0, 0.1) is 5.92 Å². The van der Waals surface area contributed by atoms with Crippen LogP contribution in [0.5, 0.6) is 0 Å². The Kier molecular flexibility index (Phi) is 4.00. The fourth-order valence-electron chi connectivity index (χ4n) is 2.96. The zero-order valence-corrected chi connectivity index (χ0v) is 10.1. The van der Waals surface area contributed by atoms with E-state index >= 15 is 0 Å². The lowest BCUT2D eigenvalue weighted by atomic mass is 9.75. The molecule has 0 saturated heterocycles. The van der Waals surface area contributed by atoms with Crippen LogP contribution in [0.2, 0.25) is 0 Å². The molecule has 88 valence electrons. The van der Waals surface area contributed by atoms with Crippen molar-refractivity contribution in [3.63, 3.8) is 0 Å². The van der Waals surface area contributed by atoms with Crippen LogP contribution in [0.4, 0.5) is 0 Å². The molecule has 3 unspecified atom stereocenters. The van der Waals surface area contributed by atoms with Crippen molar-refractivity contribution in [2.24, 2.45) is 5.92 Å². The van der Waals surface area contributed by atoms with Crippen molar-refractivity contribution in [2.75, 3.05) is 0 Å². The fraction of sp³-hybridized carbons (Fsp3) is 0.600. The normalized spacial score (nSPS) is 30.2. The van der Waals surface area contributed by atoms with Crippen LogP contribution in [0.3, 0.4) is 0 Å². The van der Waals surface area contributed by atoms with Crippen molar-refractivity contribution in [3.8, 4) is 0 Å². The number of hydrogen-bond acceptors (Lipinski definition) is 1. The van der Waals surface area contributed by atoms with Crippen LogP contribution in [0.15, 0.2) is 30.3 Å². The van der Waals surface area contributed by atoms with E-state index in [0.717, 1.165) is 12.8 Å². The van der Waals surface area contributed by atoms with Crippen LogP contribution in [0.25, 0.3) is 0 Å². The number of benzene rings is 1. The third-order valence-electron chi connectivity index (χ3n) is 3.87. The first-order valence-electron chi connectivity index (χ1n) is 6.54. The highest BCUT2D eigenvalue weighted by molar-refractivity contribution is 5.20. The molecular formula is C15H22O. The molecule has 1 heteroatoms. The molecule has 0 aliphatic heterocycles. The van der Waals surface area contributed by atoms with E-state index in [2.05, 4.69) is 37.3 Å². The number of aliphatic hydroxyl groups excluding tert-OH is 1. The highest BCUT2D eigenvalue weighted by Gasteiger charge is 2.28. The third-order valence-corrected chi connectivity index (χ3v) is 3.87. The standard InChI is InChI=1S/C15H22O/c1-2-6-14-11-13(9-10-15(14)16)12-7-4-3-5-8-12/h3-5,7-8,13-16H,2,6,9-11H2,1H3. The van der Waals surface area contributed by atoms with Gasteiger partial charge in [0.2, 0.25) is 0 Å². The third kappa shape index (κ3) is 2.65. The second-order valence-corrected chi connectivity index (χ2v) is 5.04. The Labute approximate surface area is 98.5 Å². The average Bonchev–Trinajstić information content (AvgIpc) is 2.33. The smallest absolute Gasteiger partial charge is 0.0568 e. The van der Waals surface area contributed by atoms with Crippen molar-refractivity contribution in [1.82, 2.24) is 0 Å². The van der Waals surface area contributed by atoms with Gasteiger partial charge in [-0.25, -0.2) is 0 Å². The maximum atomic E-state index is 9.96. The van der Waals surface area contributed by atoms with Crippen molar-refractivity contribution in [1.29, 1.82) is 0 Å². The van der Waals surface area contributed by atoms with E-state index in [1.807, 2.05) is 0 Å². The van der Waals surface area contributed by atoms with E-state index in [-0.39, 0.29) is 6.10 Å². The molecule has 1 N–H and O–H groups in total. The van der Waals surface area contributed by atoms with Gasteiger partial charge in [-0.05, 0) is 43.1 Å². The summed E-state index contributed by atoms with van der Waals surface area (Å²) in [5.41, 5.74) is 1.45. The molecule has 1 saturated carbocycles. The highest BCUT2D eigenvalue weighted by Crippen LogP contribution is 2.38. The predicted octanol–water partition coefficient (Wildman–Crippen LogP) is 3.73. The SMILES string of the molecule is CCCC1CC(c2ccccc2)CCC1O. The Morgan fingerprint density at radius 3 is 2.62 bits per heavy atom. The van der Waals surface area contributed by atoms with Crippen LogP contribution >= 0.6 is 0 Å². The van der Waals surface area contributed by atoms with Gasteiger partial charge in [-0.3, -0.25) is 0 Å². The summed E-state index contributed by atoms with van der Waals surface area (Å²) in [4.78, 5) is 0. The molecule has 0 radical (unpaired) electrons. The second-order valence-electron chi connectivity index (χ2n) is 5.04. The highest BCUT2D eigenvalue weighted by atomic mass is 16.3. The zero-order valence-electron chi connectivity index (χ0n) is 10.1. The minimum absolute atomic E-state index is 0.0556. The molecular weight excluding hydrogens is 196 g/mol. The van der Waals surface area contributed by atoms with Gasteiger partial charge in [-0.2, -0.15) is 0 Å². The Morgan fingerprint density at radius 2 is 1.94 bits per heavy atom. The summed E-state index contributed by atoms with van der Waals surface area (Å²) >= 11 is 0. The van der Waals surface area contributed by atoms with Crippen LogP contribution < -0.4 is 0 Å². The summed E-state index contributed by atoms with van der Waals surface area (Å²) in [6, 6.07) is 10.8. The van der Waals surface area contributed by atoms with Gasteiger partial charge in [0.15, 0.2) is 0 Å². The van der Waals surface area contributed by atoms with Gasteiger partial charge in [-0.15, -0.1) is 0 Å². The maximum Gasteiger partial charge on any atom is 0.0568 e. The van der Waals surface area contributed by atoms with E-state index in [0.29, 0.717) is 11.8 Å². The molecule has 0 aromatic heterocycles. The van der Waals surface area contributed by atoms with Gasteiger partial charge in [0.1, 0.15) is 0 Å². The molecule has 1 aliphatic rings. The Hall–Kier alpha value is -0.820. The summed E-state index contributed by atoms with van der Waals surface area (Å²) in [5, 5.41) is 9.96. The van der Waals surface area contributed by atoms with Crippen LogP contribution in [-0.2, 0) is 0 Å². The van der Waals surface area contributed by atoms with Crippen molar-refractivity contribution >= 4 is 0 Å². The summed E-state index contributed by atoms with van der Waals surface area (Å²) in [6.07, 6.45) is 5.59. The van der Waals surface area contributed by atoms with E-state index in [1.54, 1.807) is 0 Å². The molecule has 16 heavy (non-hydrogen) atoms. The average molecular weight is 218 g/mol. The van der Waals surface area contributed by atoms with E-state index in [1.165, 1.54) is 24.8 Å². The molecule has 3 atom stereocenters. The monoisotopic (exact) mass is 218 g/mol. The first-order chi connectivity index (χ1) is 7.81. The maximum absolute atomic E-state index is 9.96. The minimum atomic E-state index is -0.0556. The molecule has 0 bridgehead atoms. The summed E-state index contributed by atoms with van der Waals surface area (Å²) in [5.74, 6) is 1.19. The number of aliphatic hydroxyl groups is 1. The van der Waals surface area contributed by atoms with E-state index < -0.39 is 0 Å². The molecule has 1 aromatic rings. The summed E-state index contributed by atoms with van der Waals surface area (Å²) in [7, 11) is 0. The van der Waals surface area contributed by atoms with Gasteiger partial charge < -0.3 is 5.11 Å². The van der Waals surface area contributed by atoms with Gasteiger partial charge in [0.25, 0.3) is 0 Å².